The van der Waals surface area contributed by atoms with Crippen LogP contribution in [0.2, 0.25) is 0 Å². The molecule has 4 rings (SSSR count). The molecule has 1 aliphatic heterocycles. The topological polar surface area (TPSA) is 68.5 Å². The second kappa shape index (κ2) is 6.77. The van der Waals surface area contributed by atoms with Crippen molar-refractivity contribution in [2.75, 3.05) is 11.9 Å². The smallest absolute Gasteiger partial charge is 0.253 e. The number of anilines is 1. The highest BCUT2D eigenvalue weighted by atomic mass is 16.5. The van der Waals surface area contributed by atoms with Crippen molar-refractivity contribution in [3.63, 3.8) is 0 Å². The monoisotopic (exact) mass is 349 g/mol. The first kappa shape index (κ1) is 16.5. The van der Waals surface area contributed by atoms with Gasteiger partial charge in [0.15, 0.2) is 5.76 Å². The largest absolute Gasteiger partial charge is 0.452 e. The Labute approximate surface area is 150 Å². The fraction of sp³-hybridized carbons (Fsp3) is 0.238. The van der Waals surface area contributed by atoms with E-state index in [-0.39, 0.29) is 17.8 Å². The number of benzene rings is 2. The summed E-state index contributed by atoms with van der Waals surface area (Å²) in [7, 11) is 0. The molecule has 132 valence electrons. The summed E-state index contributed by atoms with van der Waals surface area (Å²) in [5.74, 6) is 0.0432. The summed E-state index contributed by atoms with van der Waals surface area (Å²) in [6, 6.07) is 14.4. The quantitative estimate of drug-likeness (QED) is 0.720. The number of hydrogen-bond acceptors (Lipinski definition) is 4. The summed E-state index contributed by atoms with van der Waals surface area (Å²) in [4.78, 5) is 24.9. The number of carbonyl (C=O) groups excluding carboxylic acids is 2. The molecule has 1 aromatic heterocycles. The van der Waals surface area contributed by atoms with Crippen molar-refractivity contribution in [1.29, 1.82) is 0 Å². The maximum absolute atomic E-state index is 12.7. The molecule has 0 aliphatic carbocycles. The SMILES string of the molecule is Cc1c(C(=O)c2ccccc2)oc2ccc(NC(=O)C3CCCO3)cc12. The van der Waals surface area contributed by atoms with E-state index in [2.05, 4.69) is 5.32 Å². The Balaban J connectivity index is 1.63. The van der Waals surface area contributed by atoms with Gasteiger partial charge in [0.05, 0.1) is 0 Å². The van der Waals surface area contributed by atoms with Crippen molar-refractivity contribution >= 4 is 28.3 Å². The van der Waals surface area contributed by atoms with Crippen molar-refractivity contribution in [2.24, 2.45) is 0 Å². The number of hydrogen-bond donors (Lipinski definition) is 1. The van der Waals surface area contributed by atoms with Crippen LogP contribution in [0, 0.1) is 6.92 Å². The van der Waals surface area contributed by atoms with Gasteiger partial charge in [0.2, 0.25) is 5.78 Å². The third-order valence-corrected chi connectivity index (χ3v) is 4.67. The molecule has 1 atom stereocenters. The summed E-state index contributed by atoms with van der Waals surface area (Å²) >= 11 is 0. The van der Waals surface area contributed by atoms with E-state index < -0.39 is 0 Å². The van der Waals surface area contributed by atoms with Gasteiger partial charge >= 0.3 is 0 Å². The molecule has 1 unspecified atom stereocenters. The van der Waals surface area contributed by atoms with E-state index in [1.807, 2.05) is 31.2 Å². The van der Waals surface area contributed by atoms with Crippen LogP contribution in [-0.4, -0.2) is 24.4 Å². The van der Waals surface area contributed by atoms with E-state index in [0.717, 1.165) is 23.8 Å². The van der Waals surface area contributed by atoms with Gasteiger partial charge in [0.25, 0.3) is 5.91 Å². The first-order valence-corrected chi connectivity index (χ1v) is 8.69. The van der Waals surface area contributed by atoms with Gasteiger partial charge in [-0.2, -0.15) is 0 Å². The predicted molar refractivity (Wildman–Crippen MR) is 98.4 cm³/mol. The summed E-state index contributed by atoms with van der Waals surface area (Å²) < 4.78 is 11.2. The molecule has 2 aromatic carbocycles. The van der Waals surface area contributed by atoms with E-state index in [4.69, 9.17) is 9.15 Å². The van der Waals surface area contributed by atoms with E-state index in [1.54, 1.807) is 24.3 Å². The normalized spacial score (nSPS) is 16.7. The molecule has 5 nitrogen and oxygen atoms in total. The van der Waals surface area contributed by atoms with Crippen molar-refractivity contribution in [2.45, 2.75) is 25.9 Å². The average molecular weight is 349 g/mol. The lowest BCUT2D eigenvalue weighted by Crippen LogP contribution is -2.26. The molecule has 0 spiro atoms. The molecule has 1 N–H and O–H groups in total. The fourth-order valence-electron chi connectivity index (χ4n) is 3.24. The number of fused-ring (bicyclic) bond motifs is 1. The standard InChI is InChI=1S/C21H19NO4/c1-13-16-12-15(22-21(24)18-8-5-11-25-18)9-10-17(16)26-20(13)19(23)14-6-3-2-4-7-14/h2-4,6-7,9-10,12,18H,5,8,11H2,1H3,(H,22,24). The van der Waals surface area contributed by atoms with Gasteiger partial charge in [-0.05, 0) is 38.0 Å². The van der Waals surface area contributed by atoms with Crippen LogP contribution in [-0.2, 0) is 9.53 Å². The third kappa shape index (κ3) is 3.02. The minimum absolute atomic E-state index is 0.136. The highest BCUT2D eigenvalue weighted by molar-refractivity contribution is 6.10. The van der Waals surface area contributed by atoms with Gasteiger partial charge in [-0.1, -0.05) is 30.3 Å². The van der Waals surface area contributed by atoms with Gasteiger partial charge in [-0.25, -0.2) is 0 Å². The summed E-state index contributed by atoms with van der Waals surface area (Å²) in [6.07, 6.45) is 1.27. The lowest BCUT2D eigenvalue weighted by molar-refractivity contribution is -0.124. The first-order valence-electron chi connectivity index (χ1n) is 8.69. The van der Waals surface area contributed by atoms with Crippen LogP contribution < -0.4 is 5.32 Å². The molecular weight excluding hydrogens is 330 g/mol. The predicted octanol–water partition coefficient (Wildman–Crippen LogP) is 4.09. The maximum Gasteiger partial charge on any atom is 0.253 e. The minimum atomic E-state index is -0.383. The lowest BCUT2D eigenvalue weighted by Gasteiger charge is -2.10. The zero-order chi connectivity index (χ0) is 18.1. The number of carbonyl (C=O) groups is 2. The van der Waals surface area contributed by atoms with Crippen molar-refractivity contribution in [1.82, 2.24) is 0 Å². The molecule has 0 saturated carbocycles. The number of furan rings is 1. The van der Waals surface area contributed by atoms with Crippen molar-refractivity contribution < 1.29 is 18.7 Å². The molecule has 1 fully saturated rings. The highest BCUT2D eigenvalue weighted by Gasteiger charge is 2.24. The molecule has 0 radical (unpaired) electrons. The molecule has 1 aliphatic rings. The molecule has 3 aromatic rings. The Morgan fingerprint density at radius 3 is 2.65 bits per heavy atom. The number of rotatable bonds is 4. The van der Waals surface area contributed by atoms with Gasteiger partial charge < -0.3 is 14.5 Å². The second-order valence-electron chi connectivity index (χ2n) is 6.45. The number of ketones is 1. The maximum atomic E-state index is 12.7. The molecular formula is C21H19NO4. The van der Waals surface area contributed by atoms with Crippen molar-refractivity contribution in [3.8, 4) is 0 Å². The average Bonchev–Trinajstić information content (AvgIpc) is 3.31. The van der Waals surface area contributed by atoms with E-state index >= 15 is 0 Å². The van der Waals surface area contributed by atoms with Crippen LogP contribution in [0.3, 0.4) is 0 Å². The van der Waals surface area contributed by atoms with Crippen LogP contribution in [0.1, 0.15) is 34.5 Å². The van der Waals surface area contributed by atoms with Gasteiger partial charge in [-0.3, -0.25) is 9.59 Å². The Bertz CT molecular complexity index is 968. The summed E-state index contributed by atoms with van der Waals surface area (Å²) in [5, 5.41) is 3.70. The Morgan fingerprint density at radius 2 is 1.92 bits per heavy atom. The van der Waals surface area contributed by atoms with E-state index in [9.17, 15) is 9.59 Å². The number of amides is 1. The van der Waals surface area contributed by atoms with Crippen molar-refractivity contribution in [3.05, 3.63) is 65.4 Å². The zero-order valence-corrected chi connectivity index (χ0v) is 14.5. The molecule has 5 heteroatoms. The molecule has 2 heterocycles. The fourth-order valence-corrected chi connectivity index (χ4v) is 3.24. The Hall–Kier alpha value is -2.92. The Kier molecular flexibility index (Phi) is 4.31. The third-order valence-electron chi connectivity index (χ3n) is 4.67. The van der Waals surface area contributed by atoms with Crippen LogP contribution in [0.4, 0.5) is 5.69 Å². The number of aryl methyl sites for hydroxylation is 1. The van der Waals surface area contributed by atoms with Crippen LogP contribution >= 0.6 is 0 Å². The van der Waals surface area contributed by atoms with Gasteiger partial charge in [0, 0.05) is 28.8 Å². The van der Waals surface area contributed by atoms with E-state index in [0.29, 0.717) is 29.2 Å². The molecule has 26 heavy (non-hydrogen) atoms. The minimum Gasteiger partial charge on any atom is -0.452 e. The van der Waals surface area contributed by atoms with Crippen LogP contribution in [0.5, 0.6) is 0 Å². The molecule has 1 saturated heterocycles. The van der Waals surface area contributed by atoms with Crippen LogP contribution in [0.15, 0.2) is 52.9 Å². The van der Waals surface area contributed by atoms with Gasteiger partial charge in [-0.15, -0.1) is 0 Å². The molecule has 1 amide bonds. The second-order valence-corrected chi connectivity index (χ2v) is 6.45. The summed E-state index contributed by atoms with van der Waals surface area (Å²) in [5.41, 5.74) is 2.64. The number of ether oxygens (including phenoxy) is 1. The number of nitrogens with one attached hydrogen (secondary N) is 1. The first-order chi connectivity index (χ1) is 12.6. The van der Waals surface area contributed by atoms with E-state index in [1.165, 1.54) is 0 Å². The van der Waals surface area contributed by atoms with Crippen LogP contribution in [0.25, 0.3) is 11.0 Å². The Morgan fingerprint density at radius 1 is 1.12 bits per heavy atom. The van der Waals surface area contributed by atoms with Gasteiger partial charge in [0.1, 0.15) is 11.7 Å². The molecule has 0 bridgehead atoms. The highest BCUT2D eigenvalue weighted by Crippen LogP contribution is 2.29. The lowest BCUT2D eigenvalue weighted by atomic mass is 10.0. The summed E-state index contributed by atoms with van der Waals surface area (Å²) in [6.45, 7) is 2.48. The zero-order valence-electron chi connectivity index (χ0n) is 14.5.